The number of Topliss-reactive ketones (excluding diaryl/α,β-unsaturated/α-hetero) is 1. The van der Waals surface area contributed by atoms with E-state index in [-0.39, 0.29) is 34.9 Å². The van der Waals surface area contributed by atoms with Gasteiger partial charge in [0.25, 0.3) is 5.91 Å². The lowest BCUT2D eigenvalue weighted by atomic mass is 10.0. The molecular weight excluding hydrogens is 563 g/mol. The highest BCUT2D eigenvalue weighted by Gasteiger charge is 2.18. The first kappa shape index (κ1) is 28.3. The van der Waals surface area contributed by atoms with E-state index in [1.807, 2.05) is 31.2 Å². The van der Waals surface area contributed by atoms with Crippen molar-refractivity contribution in [3.05, 3.63) is 95.0 Å². The standard InChI is InChI=1S/C29H24ClFN8O3/c1-16-22(14-39(37-16)15-27(41)34-26-11-10-25(31)35-36-26)18-4-6-19(7-5-18)24-13-32-28(38(24)3)29(42)33-20-8-9-21(17(2)40)23(30)12-20/h4-14H,15H2,1-3H3,(H,33,42)(H,34,36,41). The Bertz CT molecular complexity index is 1810. The number of hydrogen-bond donors (Lipinski definition) is 2. The van der Waals surface area contributed by atoms with Gasteiger partial charge in [0.2, 0.25) is 11.9 Å². The van der Waals surface area contributed by atoms with E-state index >= 15 is 0 Å². The predicted octanol–water partition coefficient (Wildman–Crippen LogP) is 4.94. The topological polar surface area (TPSA) is 137 Å². The molecule has 0 spiro atoms. The van der Waals surface area contributed by atoms with Gasteiger partial charge in [-0.2, -0.15) is 9.49 Å². The zero-order valence-electron chi connectivity index (χ0n) is 22.7. The molecule has 11 nitrogen and oxygen atoms in total. The summed E-state index contributed by atoms with van der Waals surface area (Å²) in [4.78, 5) is 41.2. The Morgan fingerprint density at radius 3 is 2.38 bits per heavy atom. The van der Waals surface area contributed by atoms with E-state index in [0.29, 0.717) is 11.3 Å². The zero-order chi connectivity index (χ0) is 30.0. The summed E-state index contributed by atoms with van der Waals surface area (Å²) >= 11 is 6.16. The highest BCUT2D eigenvalue weighted by atomic mass is 35.5. The molecule has 0 atom stereocenters. The number of aryl methyl sites for hydroxylation is 1. The third-order valence-corrected chi connectivity index (χ3v) is 6.75. The van der Waals surface area contributed by atoms with E-state index in [2.05, 4.69) is 30.9 Å². The molecule has 2 aromatic carbocycles. The Morgan fingerprint density at radius 2 is 1.71 bits per heavy atom. The third-order valence-electron chi connectivity index (χ3n) is 6.44. The lowest BCUT2D eigenvalue weighted by Crippen LogP contribution is -2.20. The Balaban J connectivity index is 1.27. The maximum atomic E-state index is 12.9. The van der Waals surface area contributed by atoms with Crippen LogP contribution in [-0.2, 0) is 18.4 Å². The summed E-state index contributed by atoms with van der Waals surface area (Å²) in [5.41, 5.74) is 4.85. The number of benzene rings is 2. The molecule has 13 heteroatoms. The summed E-state index contributed by atoms with van der Waals surface area (Å²) < 4.78 is 16.1. The molecule has 5 aromatic rings. The lowest BCUT2D eigenvalue weighted by molar-refractivity contribution is -0.116. The van der Waals surface area contributed by atoms with Crippen molar-refractivity contribution in [1.82, 2.24) is 29.5 Å². The number of ketones is 1. The van der Waals surface area contributed by atoms with E-state index in [1.165, 1.54) is 23.7 Å². The minimum absolute atomic E-state index is 0.0646. The first-order chi connectivity index (χ1) is 20.1. The van der Waals surface area contributed by atoms with E-state index in [0.717, 1.165) is 34.1 Å². The van der Waals surface area contributed by atoms with Crippen molar-refractivity contribution in [2.75, 3.05) is 10.6 Å². The summed E-state index contributed by atoms with van der Waals surface area (Å²) in [5, 5.41) is 16.9. The second-order valence-corrected chi connectivity index (χ2v) is 9.83. The number of nitrogens with one attached hydrogen (secondary N) is 2. The van der Waals surface area contributed by atoms with Crippen LogP contribution in [0.3, 0.4) is 0 Å². The number of amides is 2. The van der Waals surface area contributed by atoms with E-state index in [9.17, 15) is 18.8 Å². The molecule has 0 saturated carbocycles. The molecule has 2 amide bonds. The van der Waals surface area contributed by atoms with Crippen LogP contribution in [-0.4, -0.2) is 47.1 Å². The SMILES string of the molecule is CC(=O)c1ccc(NC(=O)c2ncc(-c3ccc(-c4cn(CC(=O)Nc5ccc(F)nn5)nc4C)cc3)n2C)cc1Cl. The first-order valence-electron chi connectivity index (χ1n) is 12.7. The monoisotopic (exact) mass is 586 g/mol. The van der Waals surface area contributed by atoms with Gasteiger partial charge in [0.15, 0.2) is 17.4 Å². The van der Waals surface area contributed by atoms with Gasteiger partial charge in [-0.1, -0.05) is 35.9 Å². The van der Waals surface area contributed by atoms with Crippen LogP contribution in [0.1, 0.15) is 33.6 Å². The molecule has 2 N–H and O–H groups in total. The number of halogens is 2. The Kier molecular flexibility index (Phi) is 7.89. The minimum Gasteiger partial charge on any atom is -0.323 e. The number of anilines is 2. The molecule has 0 aliphatic heterocycles. The molecule has 0 aliphatic carbocycles. The number of imidazole rings is 1. The molecule has 42 heavy (non-hydrogen) atoms. The molecule has 0 unspecified atom stereocenters. The summed E-state index contributed by atoms with van der Waals surface area (Å²) in [6, 6.07) is 14.8. The van der Waals surface area contributed by atoms with Crippen molar-refractivity contribution in [2.24, 2.45) is 7.05 Å². The van der Waals surface area contributed by atoms with Crippen LogP contribution in [0.5, 0.6) is 0 Å². The van der Waals surface area contributed by atoms with Gasteiger partial charge in [-0.25, -0.2) is 4.98 Å². The average molecular weight is 587 g/mol. The normalized spacial score (nSPS) is 10.9. The van der Waals surface area contributed by atoms with Gasteiger partial charge in [-0.3, -0.25) is 19.1 Å². The molecule has 212 valence electrons. The quantitative estimate of drug-likeness (QED) is 0.246. The van der Waals surface area contributed by atoms with Crippen molar-refractivity contribution in [2.45, 2.75) is 20.4 Å². The Hall–Kier alpha value is -5.23. The number of aromatic nitrogens is 6. The largest absolute Gasteiger partial charge is 0.323 e. The van der Waals surface area contributed by atoms with Crippen LogP contribution in [0.4, 0.5) is 15.9 Å². The summed E-state index contributed by atoms with van der Waals surface area (Å²) in [6.07, 6.45) is 3.38. The van der Waals surface area contributed by atoms with Gasteiger partial charge in [0.1, 0.15) is 6.54 Å². The molecule has 3 aromatic heterocycles. The number of rotatable bonds is 8. The molecule has 0 fully saturated rings. The van der Waals surface area contributed by atoms with E-state index in [4.69, 9.17) is 11.6 Å². The van der Waals surface area contributed by atoms with Gasteiger partial charge in [-0.15, -0.1) is 10.2 Å². The van der Waals surface area contributed by atoms with Crippen molar-refractivity contribution < 1.29 is 18.8 Å². The van der Waals surface area contributed by atoms with Gasteiger partial charge < -0.3 is 15.2 Å². The summed E-state index contributed by atoms with van der Waals surface area (Å²) in [5.74, 6) is -1.37. The molecule has 3 heterocycles. The second-order valence-electron chi connectivity index (χ2n) is 9.42. The molecule has 5 rings (SSSR count). The zero-order valence-corrected chi connectivity index (χ0v) is 23.5. The van der Waals surface area contributed by atoms with Gasteiger partial charge >= 0.3 is 0 Å². The van der Waals surface area contributed by atoms with Crippen LogP contribution in [0.2, 0.25) is 5.02 Å². The molecule has 0 bridgehead atoms. The van der Waals surface area contributed by atoms with Crippen LogP contribution in [0, 0.1) is 12.9 Å². The first-order valence-corrected chi connectivity index (χ1v) is 13.0. The van der Waals surface area contributed by atoms with Crippen LogP contribution < -0.4 is 10.6 Å². The fourth-order valence-corrected chi connectivity index (χ4v) is 4.68. The van der Waals surface area contributed by atoms with Gasteiger partial charge in [0.05, 0.1) is 22.6 Å². The highest BCUT2D eigenvalue weighted by Crippen LogP contribution is 2.27. The average Bonchev–Trinajstić information content (AvgIpc) is 3.51. The minimum atomic E-state index is -0.736. The Morgan fingerprint density at radius 1 is 0.976 bits per heavy atom. The fraction of sp³-hybridized carbons (Fsp3) is 0.138. The van der Waals surface area contributed by atoms with Gasteiger partial charge in [-0.05, 0) is 55.3 Å². The molecule has 0 radical (unpaired) electrons. The highest BCUT2D eigenvalue weighted by molar-refractivity contribution is 6.34. The van der Waals surface area contributed by atoms with Crippen molar-refractivity contribution >= 4 is 40.7 Å². The third kappa shape index (κ3) is 6.08. The number of carbonyl (C=O) groups excluding carboxylic acids is 3. The number of hydrogen-bond acceptors (Lipinski definition) is 7. The Labute approximate surface area is 244 Å². The number of carbonyl (C=O) groups is 3. The van der Waals surface area contributed by atoms with Crippen molar-refractivity contribution in [1.29, 1.82) is 0 Å². The second kappa shape index (κ2) is 11.7. The molecule has 0 saturated heterocycles. The fourth-order valence-electron chi connectivity index (χ4n) is 4.37. The molecule has 0 aliphatic rings. The predicted molar refractivity (Wildman–Crippen MR) is 155 cm³/mol. The van der Waals surface area contributed by atoms with Crippen LogP contribution in [0.25, 0.3) is 22.4 Å². The van der Waals surface area contributed by atoms with Crippen LogP contribution in [0.15, 0.2) is 67.0 Å². The van der Waals surface area contributed by atoms with Crippen molar-refractivity contribution in [3.63, 3.8) is 0 Å². The van der Waals surface area contributed by atoms with Crippen molar-refractivity contribution in [3.8, 4) is 22.4 Å². The lowest BCUT2D eigenvalue weighted by Gasteiger charge is -2.09. The van der Waals surface area contributed by atoms with E-state index in [1.54, 1.807) is 36.1 Å². The maximum absolute atomic E-state index is 12.9. The van der Waals surface area contributed by atoms with E-state index < -0.39 is 11.9 Å². The summed E-state index contributed by atoms with van der Waals surface area (Å²) in [7, 11) is 1.74. The summed E-state index contributed by atoms with van der Waals surface area (Å²) in [6.45, 7) is 3.20. The maximum Gasteiger partial charge on any atom is 0.291 e. The van der Waals surface area contributed by atoms with Crippen LogP contribution >= 0.6 is 11.6 Å². The van der Waals surface area contributed by atoms with Gasteiger partial charge in [0, 0.05) is 30.1 Å². The molecular formula is C29H24ClFN8O3. The number of nitrogens with zero attached hydrogens (tertiary/aromatic N) is 6. The smallest absolute Gasteiger partial charge is 0.291 e.